The van der Waals surface area contributed by atoms with Gasteiger partial charge in [-0.2, -0.15) is 9.49 Å². The number of hydrogen-bond donors (Lipinski definition) is 2. The van der Waals surface area contributed by atoms with Gasteiger partial charge in [-0.05, 0) is 54.8 Å². The monoisotopic (exact) mass is 443 g/mol. The second kappa shape index (κ2) is 8.82. The molecular formula is C25H22FN5O2. The van der Waals surface area contributed by atoms with Gasteiger partial charge in [0.05, 0.1) is 5.52 Å². The van der Waals surface area contributed by atoms with Gasteiger partial charge in [-0.25, -0.2) is 4.98 Å². The van der Waals surface area contributed by atoms with E-state index >= 15 is 0 Å². The highest BCUT2D eigenvalue weighted by Crippen LogP contribution is 2.27. The molecule has 2 N–H and O–H groups in total. The third-order valence-corrected chi connectivity index (χ3v) is 5.99. The van der Waals surface area contributed by atoms with E-state index in [1.165, 1.54) is 6.20 Å². The summed E-state index contributed by atoms with van der Waals surface area (Å²) in [6, 6.07) is 17.7. The quantitative estimate of drug-likeness (QED) is 0.470. The lowest BCUT2D eigenvalue weighted by Gasteiger charge is -2.32. The Labute approximate surface area is 189 Å². The maximum absolute atomic E-state index is 14.1. The first-order valence-corrected chi connectivity index (χ1v) is 10.8. The molecule has 2 aromatic heterocycles. The molecule has 3 heterocycles. The number of nitrogens with one attached hydrogen (secondary N) is 2. The Bertz CT molecular complexity index is 1310. The van der Waals surface area contributed by atoms with Gasteiger partial charge in [0.25, 0.3) is 11.8 Å². The molecule has 0 aliphatic carbocycles. The van der Waals surface area contributed by atoms with E-state index in [0.717, 1.165) is 0 Å². The predicted molar refractivity (Wildman–Crippen MR) is 122 cm³/mol. The van der Waals surface area contributed by atoms with E-state index in [2.05, 4.69) is 20.5 Å². The summed E-state index contributed by atoms with van der Waals surface area (Å²) in [6.45, 7) is 1.15. The molecule has 2 aromatic carbocycles. The van der Waals surface area contributed by atoms with Crippen molar-refractivity contribution < 1.29 is 14.0 Å². The molecule has 1 aliphatic heterocycles. The van der Waals surface area contributed by atoms with Crippen LogP contribution in [0.15, 0.2) is 66.9 Å². The van der Waals surface area contributed by atoms with E-state index in [1.54, 1.807) is 30.3 Å². The van der Waals surface area contributed by atoms with Gasteiger partial charge in [0.2, 0.25) is 5.95 Å². The zero-order chi connectivity index (χ0) is 22.8. The zero-order valence-electron chi connectivity index (χ0n) is 17.8. The van der Waals surface area contributed by atoms with Crippen LogP contribution in [0.2, 0.25) is 0 Å². The third kappa shape index (κ3) is 4.19. The van der Waals surface area contributed by atoms with E-state index in [1.807, 2.05) is 35.2 Å². The molecule has 0 unspecified atom stereocenters. The molecule has 0 radical (unpaired) electrons. The maximum atomic E-state index is 14.1. The second-order valence-electron chi connectivity index (χ2n) is 8.08. The molecule has 0 bridgehead atoms. The van der Waals surface area contributed by atoms with Crippen molar-refractivity contribution >= 4 is 22.7 Å². The highest BCUT2D eigenvalue weighted by molar-refractivity contribution is 6.05. The molecule has 8 heteroatoms. The average molecular weight is 443 g/mol. The number of rotatable bonds is 4. The van der Waals surface area contributed by atoms with Crippen LogP contribution in [0.4, 0.5) is 4.39 Å². The Hall–Kier alpha value is -4.07. The van der Waals surface area contributed by atoms with Gasteiger partial charge in [0.15, 0.2) is 5.69 Å². The number of fused-ring (bicyclic) bond motifs is 1. The van der Waals surface area contributed by atoms with Crippen molar-refractivity contribution in [2.45, 2.75) is 18.9 Å². The number of hydrogen-bond acceptors (Lipinski definition) is 4. The van der Waals surface area contributed by atoms with Crippen molar-refractivity contribution in [2.75, 3.05) is 13.1 Å². The van der Waals surface area contributed by atoms with Crippen LogP contribution in [0, 0.1) is 5.95 Å². The summed E-state index contributed by atoms with van der Waals surface area (Å²) < 4.78 is 14.1. The lowest BCUT2D eigenvalue weighted by molar-refractivity contribution is 0.0698. The summed E-state index contributed by atoms with van der Waals surface area (Å²) in [5, 5.41) is 10.7. The molecule has 1 fully saturated rings. The Kier molecular flexibility index (Phi) is 5.56. The molecule has 1 aliphatic rings. The summed E-state index contributed by atoms with van der Waals surface area (Å²) in [5.74, 6) is -0.852. The summed E-state index contributed by atoms with van der Waals surface area (Å²) in [6.07, 6.45) is 2.73. The first kappa shape index (κ1) is 20.8. The van der Waals surface area contributed by atoms with Gasteiger partial charge in [-0.15, -0.1) is 0 Å². The summed E-state index contributed by atoms with van der Waals surface area (Å²) in [5.41, 5.74) is 2.61. The smallest absolute Gasteiger partial charge is 0.272 e. The topological polar surface area (TPSA) is 91.0 Å². The first-order valence-electron chi connectivity index (χ1n) is 10.8. The molecular weight excluding hydrogens is 421 g/mol. The van der Waals surface area contributed by atoms with Crippen molar-refractivity contribution in [3.63, 3.8) is 0 Å². The molecule has 4 aromatic rings. The highest BCUT2D eigenvalue weighted by Gasteiger charge is 2.26. The molecule has 166 valence electrons. The van der Waals surface area contributed by atoms with E-state index in [-0.39, 0.29) is 23.6 Å². The summed E-state index contributed by atoms with van der Waals surface area (Å²) in [4.78, 5) is 31.1. The number of benzene rings is 2. The number of pyridine rings is 1. The van der Waals surface area contributed by atoms with E-state index < -0.39 is 5.95 Å². The van der Waals surface area contributed by atoms with E-state index in [9.17, 15) is 14.0 Å². The third-order valence-electron chi connectivity index (χ3n) is 5.99. The SMILES string of the molecule is O=C(NC1CCN(C(=O)c2ccccc2)CC1)c1n[nH]c2ccc(-c3cccnc3F)cc12. The molecule has 1 saturated heterocycles. The van der Waals surface area contributed by atoms with Gasteiger partial charge >= 0.3 is 0 Å². The molecule has 5 rings (SSSR count). The second-order valence-corrected chi connectivity index (χ2v) is 8.08. The number of piperidine rings is 1. The van der Waals surface area contributed by atoms with Crippen LogP contribution < -0.4 is 5.32 Å². The Morgan fingerprint density at radius 1 is 1.03 bits per heavy atom. The lowest BCUT2D eigenvalue weighted by atomic mass is 10.0. The molecule has 0 saturated carbocycles. The number of aromatic nitrogens is 3. The predicted octanol–water partition coefficient (Wildman–Crippen LogP) is 3.80. The fourth-order valence-electron chi connectivity index (χ4n) is 4.20. The van der Waals surface area contributed by atoms with Crippen molar-refractivity contribution in [3.8, 4) is 11.1 Å². The van der Waals surface area contributed by atoms with Crippen molar-refractivity contribution in [2.24, 2.45) is 0 Å². The highest BCUT2D eigenvalue weighted by atomic mass is 19.1. The standard InChI is InChI=1S/C25H22FN5O2/c26-23-19(7-4-12-27-23)17-8-9-21-20(15-17)22(30-29-21)24(32)28-18-10-13-31(14-11-18)25(33)16-5-2-1-3-6-16/h1-9,12,15,18H,10-11,13-14H2,(H,28,32)(H,29,30). The van der Waals surface area contributed by atoms with E-state index in [0.29, 0.717) is 53.5 Å². The van der Waals surface area contributed by atoms with E-state index in [4.69, 9.17) is 0 Å². The van der Waals surface area contributed by atoms with Crippen molar-refractivity contribution in [3.05, 3.63) is 84.1 Å². The molecule has 7 nitrogen and oxygen atoms in total. The fraction of sp³-hybridized carbons (Fsp3) is 0.200. The van der Waals surface area contributed by atoms with Crippen LogP contribution in [0.25, 0.3) is 22.0 Å². The fourth-order valence-corrected chi connectivity index (χ4v) is 4.20. The Morgan fingerprint density at radius 3 is 2.58 bits per heavy atom. The van der Waals surface area contributed by atoms with Crippen LogP contribution in [0.1, 0.15) is 33.7 Å². The zero-order valence-corrected chi connectivity index (χ0v) is 17.8. The summed E-state index contributed by atoms with van der Waals surface area (Å²) in [7, 11) is 0. The summed E-state index contributed by atoms with van der Waals surface area (Å²) >= 11 is 0. The van der Waals surface area contributed by atoms with Crippen LogP contribution in [0.5, 0.6) is 0 Å². The number of carbonyl (C=O) groups excluding carboxylic acids is 2. The van der Waals surface area contributed by atoms with Gasteiger partial charge in [-0.3, -0.25) is 14.7 Å². The first-order chi connectivity index (χ1) is 16.1. The van der Waals surface area contributed by atoms with Crippen molar-refractivity contribution in [1.29, 1.82) is 0 Å². The van der Waals surface area contributed by atoms with Gasteiger partial charge < -0.3 is 10.2 Å². The maximum Gasteiger partial charge on any atom is 0.272 e. The minimum atomic E-state index is -0.567. The number of nitrogens with zero attached hydrogens (tertiary/aromatic N) is 3. The Balaban J connectivity index is 1.28. The number of H-pyrrole nitrogens is 1. The molecule has 0 atom stereocenters. The molecule has 2 amide bonds. The largest absolute Gasteiger partial charge is 0.348 e. The number of amides is 2. The van der Waals surface area contributed by atoms with Crippen LogP contribution >= 0.6 is 0 Å². The number of aromatic amines is 1. The van der Waals surface area contributed by atoms with Crippen LogP contribution in [-0.4, -0.2) is 51.0 Å². The van der Waals surface area contributed by atoms with Crippen LogP contribution in [-0.2, 0) is 0 Å². The lowest BCUT2D eigenvalue weighted by Crippen LogP contribution is -2.46. The number of likely N-dealkylation sites (tertiary alicyclic amines) is 1. The Morgan fingerprint density at radius 2 is 1.82 bits per heavy atom. The van der Waals surface area contributed by atoms with Crippen molar-refractivity contribution in [1.82, 2.24) is 25.4 Å². The number of halogens is 1. The van der Waals surface area contributed by atoms with Gasteiger partial charge in [0.1, 0.15) is 0 Å². The number of carbonyl (C=O) groups is 2. The molecule has 33 heavy (non-hydrogen) atoms. The minimum absolute atomic E-state index is 0.00818. The normalized spacial score (nSPS) is 14.4. The molecule has 0 spiro atoms. The van der Waals surface area contributed by atoms with Gasteiger partial charge in [0, 0.05) is 41.8 Å². The van der Waals surface area contributed by atoms with Crippen LogP contribution in [0.3, 0.4) is 0 Å². The average Bonchev–Trinajstić information content (AvgIpc) is 3.28. The minimum Gasteiger partial charge on any atom is -0.348 e. The van der Waals surface area contributed by atoms with Gasteiger partial charge in [-0.1, -0.05) is 24.3 Å².